The first-order valence-corrected chi connectivity index (χ1v) is 4.82. The Morgan fingerprint density at radius 1 is 0.722 bits per heavy atom. The van der Waals surface area contributed by atoms with Gasteiger partial charge in [0.1, 0.15) is 12.6 Å². The van der Waals surface area contributed by atoms with E-state index in [9.17, 15) is 9.59 Å². The van der Waals surface area contributed by atoms with Gasteiger partial charge in [-0.3, -0.25) is 0 Å². The number of hydrogen-bond donors (Lipinski definition) is 0. The van der Waals surface area contributed by atoms with Gasteiger partial charge in [-0.2, -0.15) is 0 Å². The number of rotatable bonds is 4. The summed E-state index contributed by atoms with van der Waals surface area (Å²) >= 11 is 0. The summed E-state index contributed by atoms with van der Waals surface area (Å²) in [6, 6.07) is 7.47. The summed E-state index contributed by atoms with van der Waals surface area (Å²) in [5.41, 5.74) is 1.97. The highest BCUT2D eigenvalue weighted by molar-refractivity contribution is 5.57. The minimum Gasteiger partial charge on any atom is -0.303 e. The Kier molecular flexibility index (Phi) is 34.9. The molecule has 0 aliphatic heterocycles. The Morgan fingerprint density at radius 3 is 1.11 bits per heavy atom. The van der Waals surface area contributed by atoms with E-state index in [1.807, 2.05) is 38.1 Å². The summed E-state index contributed by atoms with van der Waals surface area (Å²) in [6.45, 7) is 4.00. The molecule has 0 spiro atoms. The van der Waals surface area contributed by atoms with Gasteiger partial charge in [0.25, 0.3) is 0 Å². The van der Waals surface area contributed by atoms with Crippen molar-refractivity contribution in [3.8, 4) is 0 Å². The smallest absolute Gasteiger partial charge is 0.124 e. The average Bonchev–Trinajstić information content (AvgIpc) is 2.25. The number of hydrogen-bond acceptors (Lipinski definition) is 2. The second-order valence-corrected chi connectivity index (χ2v) is 2.56. The van der Waals surface area contributed by atoms with Crippen LogP contribution < -0.4 is 0 Å². The lowest BCUT2D eigenvalue weighted by molar-refractivity contribution is -0.108. The van der Waals surface area contributed by atoms with Crippen molar-refractivity contribution in [2.24, 2.45) is 0 Å². The minimum atomic E-state index is 0. The lowest BCUT2D eigenvalue weighted by Gasteiger charge is -1.96. The van der Waals surface area contributed by atoms with Gasteiger partial charge < -0.3 is 9.59 Å². The third-order valence-corrected chi connectivity index (χ3v) is 1.66. The van der Waals surface area contributed by atoms with Gasteiger partial charge in [-0.1, -0.05) is 67.8 Å². The number of carbonyl (C=O) groups is 2. The van der Waals surface area contributed by atoms with Crippen molar-refractivity contribution >= 4 is 12.6 Å². The van der Waals surface area contributed by atoms with Crippen LogP contribution in [0.2, 0.25) is 0 Å². The molecule has 0 radical (unpaired) electrons. The Balaban J connectivity index is -0.0000000894. The molecule has 0 aliphatic rings. The van der Waals surface area contributed by atoms with Crippen molar-refractivity contribution in [3.05, 3.63) is 35.4 Å². The van der Waals surface area contributed by atoms with Crippen LogP contribution in [-0.4, -0.2) is 12.6 Å². The summed E-state index contributed by atoms with van der Waals surface area (Å²) in [7, 11) is 0. The molecule has 0 fully saturated rings. The molecule has 0 saturated heterocycles. The highest BCUT2D eigenvalue weighted by Gasteiger charge is 1.92. The summed E-state index contributed by atoms with van der Waals surface area (Å²) in [5, 5.41) is 0. The van der Waals surface area contributed by atoms with Crippen LogP contribution in [0, 0.1) is 0 Å². The standard InChI is InChI=1S/C10H10O2.C2H6.4CH4/c11-7-5-9-1-2-10(4-3-9)6-8-12;1-2;;;;/h1-4,7-8H,5-6H2;1-2H3;4*1H4. The molecule has 2 nitrogen and oxygen atoms in total. The van der Waals surface area contributed by atoms with E-state index in [4.69, 9.17) is 0 Å². The summed E-state index contributed by atoms with van der Waals surface area (Å²) < 4.78 is 0. The van der Waals surface area contributed by atoms with Crippen molar-refractivity contribution in [1.82, 2.24) is 0 Å². The van der Waals surface area contributed by atoms with E-state index >= 15 is 0 Å². The maximum atomic E-state index is 10.1. The molecule has 0 N–H and O–H groups in total. The first kappa shape index (κ1) is 30.0. The molecular formula is C16H32O2. The second kappa shape index (κ2) is 20.9. The number of carbonyl (C=O) groups excluding carboxylic acids is 2. The Labute approximate surface area is 114 Å². The molecule has 1 rings (SSSR count). The molecule has 108 valence electrons. The molecule has 0 saturated carbocycles. The van der Waals surface area contributed by atoms with Gasteiger partial charge in [-0.15, -0.1) is 0 Å². The molecule has 0 unspecified atom stereocenters. The van der Waals surface area contributed by atoms with Crippen LogP contribution in [0.5, 0.6) is 0 Å². The predicted molar refractivity (Wildman–Crippen MR) is 84.3 cm³/mol. The monoisotopic (exact) mass is 256 g/mol. The SMILES string of the molecule is C.C.C.C.CC.O=CCc1ccc(CC=O)cc1. The number of benzene rings is 1. The van der Waals surface area contributed by atoms with E-state index in [-0.39, 0.29) is 29.7 Å². The normalized spacial score (nSPS) is 6.56. The van der Waals surface area contributed by atoms with Gasteiger partial charge >= 0.3 is 0 Å². The van der Waals surface area contributed by atoms with Gasteiger partial charge in [0.15, 0.2) is 0 Å². The van der Waals surface area contributed by atoms with E-state index < -0.39 is 0 Å². The molecule has 0 aromatic heterocycles. The Hall–Kier alpha value is -1.44. The zero-order valence-corrected chi connectivity index (χ0v) is 8.69. The van der Waals surface area contributed by atoms with Crippen LogP contribution >= 0.6 is 0 Å². The Bertz CT molecular complexity index is 234. The van der Waals surface area contributed by atoms with Gasteiger partial charge in [0.05, 0.1) is 0 Å². The molecule has 1 aromatic carbocycles. The van der Waals surface area contributed by atoms with E-state index in [0.29, 0.717) is 12.8 Å². The van der Waals surface area contributed by atoms with Crippen LogP contribution in [0.1, 0.15) is 54.7 Å². The molecule has 0 atom stereocenters. The second-order valence-electron chi connectivity index (χ2n) is 2.56. The summed E-state index contributed by atoms with van der Waals surface area (Å²) in [6.07, 6.45) is 2.63. The van der Waals surface area contributed by atoms with Crippen LogP contribution in [0.3, 0.4) is 0 Å². The first-order chi connectivity index (χ1) is 6.86. The van der Waals surface area contributed by atoms with Crippen LogP contribution in [0.25, 0.3) is 0 Å². The van der Waals surface area contributed by atoms with Crippen molar-refractivity contribution in [2.75, 3.05) is 0 Å². The van der Waals surface area contributed by atoms with E-state index in [2.05, 4.69) is 0 Å². The maximum absolute atomic E-state index is 10.1. The lowest BCUT2D eigenvalue weighted by Crippen LogP contribution is -1.88. The van der Waals surface area contributed by atoms with Crippen molar-refractivity contribution in [2.45, 2.75) is 56.4 Å². The summed E-state index contributed by atoms with van der Waals surface area (Å²) in [4.78, 5) is 20.3. The van der Waals surface area contributed by atoms with Gasteiger partial charge in [0.2, 0.25) is 0 Å². The molecule has 0 amide bonds. The molecule has 0 bridgehead atoms. The van der Waals surface area contributed by atoms with Crippen molar-refractivity contribution < 1.29 is 9.59 Å². The Morgan fingerprint density at radius 2 is 0.944 bits per heavy atom. The highest BCUT2D eigenvalue weighted by Crippen LogP contribution is 2.03. The number of aldehydes is 2. The first-order valence-electron chi connectivity index (χ1n) is 4.82. The van der Waals surface area contributed by atoms with Gasteiger partial charge in [-0.05, 0) is 11.1 Å². The molecule has 2 heteroatoms. The summed E-state index contributed by atoms with van der Waals surface area (Å²) in [5.74, 6) is 0. The maximum Gasteiger partial charge on any atom is 0.124 e. The fraction of sp³-hybridized carbons (Fsp3) is 0.500. The highest BCUT2D eigenvalue weighted by atomic mass is 16.1. The van der Waals surface area contributed by atoms with E-state index in [0.717, 1.165) is 23.7 Å². The van der Waals surface area contributed by atoms with Crippen LogP contribution in [0.4, 0.5) is 0 Å². The fourth-order valence-corrected chi connectivity index (χ4v) is 1.00. The molecule has 1 aromatic rings. The van der Waals surface area contributed by atoms with Crippen LogP contribution in [0.15, 0.2) is 24.3 Å². The zero-order valence-electron chi connectivity index (χ0n) is 8.69. The third kappa shape index (κ3) is 12.6. The van der Waals surface area contributed by atoms with Crippen molar-refractivity contribution in [1.29, 1.82) is 0 Å². The quantitative estimate of drug-likeness (QED) is 0.729. The average molecular weight is 256 g/mol. The lowest BCUT2D eigenvalue weighted by atomic mass is 10.1. The van der Waals surface area contributed by atoms with Gasteiger partial charge in [-0.25, -0.2) is 0 Å². The fourth-order valence-electron chi connectivity index (χ4n) is 1.00. The largest absolute Gasteiger partial charge is 0.303 e. The van der Waals surface area contributed by atoms with Gasteiger partial charge in [0, 0.05) is 12.8 Å². The molecule has 18 heavy (non-hydrogen) atoms. The molecule has 0 heterocycles. The predicted octanol–water partition coefficient (Wildman–Crippen LogP) is 4.74. The minimum absolute atomic E-state index is 0. The molecular weight excluding hydrogens is 224 g/mol. The van der Waals surface area contributed by atoms with Crippen molar-refractivity contribution in [3.63, 3.8) is 0 Å². The van der Waals surface area contributed by atoms with Crippen LogP contribution in [-0.2, 0) is 22.4 Å². The van der Waals surface area contributed by atoms with E-state index in [1.54, 1.807) is 0 Å². The zero-order chi connectivity index (χ0) is 10.8. The van der Waals surface area contributed by atoms with E-state index in [1.165, 1.54) is 0 Å². The molecule has 0 aliphatic carbocycles. The topological polar surface area (TPSA) is 34.1 Å². The third-order valence-electron chi connectivity index (χ3n) is 1.66.